The Morgan fingerprint density at radius 3 is 1.26 bits per heavy atom. The van der Waals surface area contributed by atoms with Crippen LogP contribution in [0.2, 0.25) is 0 Å². The second-order valence-electron chi connectivity index (χ2n) is 28.0. The van der Waals surface area contributed by atoms with Crippen LogP contribution in [0.4, 0.5) is 20.4 Å². The molecule has 8 rings (SSSR count). The van der Waals surface area contributed by atoms with Gasteiger partial charge in [-0.1, -0.05) is 41.5 Å². The van der Waals surface area contributed by atoms with E-state index in [1.165, 1.54) is 61.9 Å². The molecular formula is C70H108F2N14O10. The van der Waals surface area contributed by atoms with Crippen molar-refractivity contribution in [1.29, 1.82) is 0 Å². The Labute approximate surface area is 567 Å². The van der Waals surface area contributed by atoms with Gasteiger partial charge in [0.1, 0.15) is 35.8 Å². The first-order valence-electron chi connectivity index (χ1n) is 33.9. The molecule has 4 saturated heterocycles. The van der Waals surface area contributed by atoms with Crippen LogP contribution in [0.25, 0.3) is 0 Å². The molecule has 4 aliphatic rings. The van der Waals surface area contributed by atoms with Crippen LogP contribution in [-0.2, 0) is 19.1 Å². The maximum atomic E-state index is 14.3. The summed E-state index contributed by atoms with van der Waals surface area (Å²) >= 11 is 0. The molecule has 0 bridgehead atoms. The Balaban J connectivity index is 0.000000272. The van der Waals surface area contributed by atoms with Gasteiger partial charge in [-0.05, 0) is 141 Å². The van der Waals surface area contributed by atoms with E-state index in [1.807, 2.05) is 41.5 Å². The predicted molar refractivity (Wildman–Crippen MR) is 366 cm³/mol. The number of anilines is 2. The van der Waals surface area contributed by atoms with E-state index in [0.717, 1.165) is 105 Å². The van der Waals surface area contributed by atoms with Crippen LogP contribution in [0.3, 0.4) is 0 Å². The van der Waals surface area contributed by atoms with Gasteiger partial charge in [-0.2, -0.15) is 0 Å². The maximum absolute atomic E-state index is 14.3. The molecule has 6 heterocycles. The number of amides is 2. The summed E-state index contributed by atoms with van der Waals surface area (Å²) in [4.78, 5) is 72.8. The van der Waals surface area contributed by atoms with Gasteiger partial charge in [-0.25, -0.2) is 28.3 Å². The lowest BCUT2D eigenvalue weighted by Crippen LogP contribution is -2.62. The predicted octanol–water partition coefficient (Wildman–Crippen LogP) is 9.34. The van der Waals surface area contributed by atoms with Crippen molar-refractivity contribution in [2.75, 3.05) is 143 Å². The van der Waals surface area contributed by atoms with Gasteiger partial charge < -0.3 is 58.6 Å². The van der Waals surface area contributed by atoms with E-state index in [4.69, 9.17) is 29.2 Å². The molecule has 4 atom stereocenters. The lowest BCUT2D eigenvalue weighted by atomic mass is 9.76. The molecule has 2 aromatic heterocycles. The average molecular weight is 1340 g/mol. The SMILES string of the molecule is CCN(C(=O)c1cc(F)ccc1Oc1nncnc1N1CCC2(C1)CN([C@@H](C[C@@H](C)CN(C)CCOC)C(C)C)C2)C(C)C.CCN(C(=O)c1cc(F)ccc1Oc1nncnc1N1CCC2(C1)CN([C@@H](C[C@@H](C)CN(C)CCOC)C(C)C)C2)C(C)C.O=C(O)/C=C/C(=O)O. The lowest BCUT2D eigenvalue weighted by Gasteiger charge is -2.53. The summed E-state index contributed by atoms with van der Waals surface area (Å²) in [7, 11) is 7.85. The minimum Gasteiger partial charge on any atom is -0.478 e. The number of carboxylic acid groups (broad SMARTS) is 2. The fourth-order valence-corrected chi connectivity index (χ4v) is 14.0. The number of aromatic nitrogens is 6. The highest BCUT2D eigenvalue weighted by Crippen LogP contribution is 2.47. The zero-order valence-corrected chi connectivity index (χ0v) is 59.7. The van der Waals surface area contributed by atoms with Crippen molar-refractivity contribution in [3.63, 3.8) is 0 Å². The van der Waals surface area contributed by atoms with Crippen molar-refractivity contribution < 1.29 is 57.1 Å². The van der Waals surface area contributed by atoms with Crippen molar-refractivity contribution in [3.8, 4) is 23.3 Å². The monoisotopic (exact) mass is 1340 g/mol. The van der Waals surface area contributed by atoms with Crippen LogP contribution in [-0.4, -0.2) is 251 Å². The number of hydrogen-bond donors (Lipinski definition) is 2. The van der Waals surface area contributed by atoms with Gasteiger partial charge in [0.25, 0.3) is 23.6 Å². The number of halogens is 2. The fourth-order valence-electron chi connectivity index (χ4n) is 14.0. The van der Waals surface area contributed by atoms with Crippen LogP contribution in [0.1, 0.15) is 129 Å². The van der Waals surface area contributed by atoms with E-state index in [1.54, 1.807) is 24.0 Å². The Morgan fingerprint density at radius 2 is 0.948 bits per heavy atom. The van der Waals surface area contributed by atoms with Gasteiger partial charge in [0.2, 0.25) is 0 Å². The normalized spacial score (nSPS) is 17.2. The van der Waals surface area contributed by atoms with Crippen molar-refractivity contribution >= 4 is 35.4 Å². The summed E-state index contributed by atoms with van der Waals surface area (Å²) < 4.78 is 51.5. The molecule has 0 aliphatic carbocycles. The molecule has 0 radical (unpaired) electrons. The van der Waals surface area contributed by atoms with Crippen molar-refractivity contribution in [2.24, 2.45) is 34.5 Å². The van der Waals surface area contributed by atoms with E-state index in [2.05, 4.69) is 115 Å². The maximum Gasteiger partial charge on any atom is 0.328 e. The molecule has 4 aromatic rings. The molecule has 0 unspecified atom stereocenters. The molecule has 2 aromatic carbocycles. The number of carboxylic acids is 2. The fraction of sp³-hybridized carbons (Fsp3) is 0.657. The van der Waals surface area contributed by atoms with Crippen LogP contribution in [0.15, 0.2) is 61.2 Å². The third-order valence-electron chi connectivity index (χ3n) is 18.7. The minimum absolute atomic E-state index is 0.0408. The summed E-state index contributed by atoms with van der Waals surface area (Å²) in [5.74, 6) is 0.384. The first-order chi connectivity index (χ1) is 45.6. The highest BCUT2D eigenvalue weighted by Gasteiger charge is 2.52. The van der Waals surface area contributed by atoms with E-state index >= 15 is 0 Å². The van der Waals surface area contributed by atoms with Crippen molar-refractivity contribution in [3.05, 3.63) is 84.0 Å². The first-order valence-corrected chi connectivity index (χ1v) is 33.9. The molecule has 24 nitrogen and oxygen atoms in total. The van der Waals surface area contributed by atoms with Crippen molar-refractivity contribution in [1.82, 2.24) is 59.8 Å². The number of nitrogens with zero attached hydrogens (tertiary/aromatic N) is 14. The first kappa shape index (κ1) is 77.9. The molecule has 2 spiro atoms. The van der Waals surface area contributed by atoms with Crippen LogP contribution in [0, 0.1) is 46.1 Å². The molecule has 4 aliphatic heterocycles. The highest BCUT2D eigenvalue weighted by atomic mass is 19.1. The smallest absolute Gasteiger partial charge is 0.328 e. The number of benzene rings is 2. The molecular weight excluding hydrogens is 1230 g/mol. The Bertz CT molecular complexity index is 2960. The Hall–Kier alpha value is -7.10. The highest BCUT2D eigenvalue weighted by molar-refractivity contribution is 5.98. The number of likely N-dealkylation sites (N-methyl/N-ethyl adjacent to an activating group) is 2. The third kappa shape index (κ3) is 21.7. The van der Waals surface area contributed by atoms with Gasteiger partial charge in [-0.3, -0.25) is 19.4 Å². The number of methoxy groups -OCH3 is 2. The van der Waals surface area contributed by atoms with E-state index in [9.17, 15) is 28.0 Å². The molecule has 96 heavy (non-hydrogen) atoms. The Kier molecular flexibility index (Phi) is 29.6. The summed E-state index contributed by atoms with van der Waals surface area (Å²) in [5, 5.41) is 32.1. The second kappa shape index (κ2) is 36.5. The number of rotatable bonds is 32. The molecule has 532 valence electrons. The van der Waals surface area contributed by atoms with Gasteiger partial charge in [0, 0.05) is 153 Å². The van der Waals surface area contributed by atoms with E-state index < -0.39 is 23.6 Å². The molecule has 4 fully saturated rings. The quantitative estimate of drug-likeness (QED) is 0.0432. The summed E-state index contributed by atoms with van der Waals surface area (Å²) in [6.07, 6.45) is 8.44. The standard InChI is InChI=1S/2C33H52FN7O3.C4H4O4/c2*1-9-41(24(4)5)32(42)27-17-26(34)10-11-29(27)44-31-30(35-22-36-37-31)39-13-12-33(19-39)20-40(21-33)28(23(2)3)16-25(6)18-38(7)14-15-43-8;5-3(6)1-2-4(7)8/h2*10-11,17,22-25,28H,9,12-16,18-21H2,1-8H3;1-2H,(H,5,6)(H,7,8)/b;;2-1+/t2*25-,28+;/m11./s1. The van der Waals surface area contributed by atoms with Crippen LogP contribution in [0.5, 0.6) is 23.3 Å². The number of carbonyl (C=O) groups is 4. The number of likely N-dealkylation sites (tertiary alicyclic amines) is 2. The molecule has 26 heteroatoms. The minimum atomic E-state index is -1.26. The van der Waals surface area contributed by atoms with E-state index in [0.29, 0.717) is 72.6 Å². The zero-order chi connectivity index (χ0) is 70.6. The molecule has 0 saturated carbocycles. The summed E-state index contributed by atoms with van der Waals surface area (Å²) in [5.41, 5.74) is 0.708. The topological polar surface area (TPSA) is 249 Å². The van der Waals surface area contributed by atoms with Gasteiger partial charge in [-0.15, -0.1) is 20.4 Å². The number of aliphatic carboxylic acids is 2. The number of carbonyl (C=O) groups excluding carboxylic acids is 2. The molecule has 2 N–H and O–H groups in total. The number of hydrogen-bond acceptors (Lipinski definition) is 20. The molecule has 2 amide bonds. The average Bonchev–Trinajstić information content (AvgIpc) is 1.57. The van der Waals surface area contributed by atoms with Crippen molar-refractivity contribution in [2.45, 2.75) is 133 Å². The van der Waals surface area contributed by atoms with E-state index in [-0.39, 0.29) is 69.1 Å². The summed E-state index contributed by atoms with van der Waals surface area (Å²) in [6, 6.07) is 9.00. The van der Waals surface area contributed by atoms with Crippen LogP contribution >= 0.6 is 0 Å². The van der Waals surface area contributed by atoms with Gasteiger partial charge >= 0.3 is 11.9 Å². The zero-order valence-electron chi connectivity index (χ0n) is 59.7. The van der Waals surface area contributed by atoms with Crippen LogP contribution < -0.4 is 19.3 Å². The van der Waals surface area contributed by atoms with Gasteiger partial charge in [0.05, 0.1) is 24.3 Å². The third-order valence-corrected chi connectivity index (χ3v) is 18.7. The second-order valence-corrected chi connectivity index (χ2v) is 28.0. The number of ether oxygens (including phenoxy) is 4. The lowest BCUT2D eigenvalue weighted by molar-refractivity contribution is -0.134. The van der Waals surface area contributed by atoms with Gasteiger partial charge in [0.15, 0.2) is 11.6 Å². The summed E-state index contributed by atoms with van der Waals surface area (Å²) in [6.45, 7) is 39.8. The largest absolute Gasteiger partial charge is 0.478 e. The Morgan fingerprint density at radius 1 is 0.583 bits per heavy atom.